The van der Waals surface area contributed by atoms with E-state index in [0.29, 0.717) is 32.8 Å². The molecule has 1 aromatic carbocycles. The highest BCUT2D eigenvalue weighted by atomic mass is 127. The Hall–Kier alpha value is -1.93. The fraction of sp³-hybridized carbons (Fsp3) is 0.643. The lowest BCUT2D eigenvalue weighted by atomic mass is 9.86. The molecular weight excluding hydrogens is 619 g/mol. The maximum Gasteiger partial charge on any atom is 0.249 e. The fourth-order valence-electron chi connectivity index (χ4n) is 5.32. The Labute approximate surface area is 243 Å². The lowest BCUT2D eigenvalue weighted by molar-refractivity contribution is -0.147. The number of carbonyl (C=O) groups excluding carboxylic acids is 2. The van der Waals surface area contributed by atoms with Crippen LogP contribution in [0.2, 0.25) is 0 Å². The smallest absolute Gasteiger partial charge is 0.249 e. The fourth-order valence-corrected chi connectivity index (χ4v) is 6.12. The van der Waals surface area contributed by atoms with E-state index in [9.17, 15) is 24.9 Å². The molecule has 0 unspecified atom stereocenters. The number of ether oxygens (including phenoxy) is 3. The topological polar surface area (TPSA) is 138 Å². The van der Waals surface area contributed by atoms with Crippen LogP contribution in [-0.4, -0.2) is 89.8 Å². The maximum absolute atomic E-state index is 13.5. The van der Waals surface area contributed by atoms with Crippen LogP contribution >= 0.6 is 22.6 Å². The number of hydrogen-bond donors (Lipinski definition) is 4. The summed E-state index contributed by atoms with van der Waals surface area (Å²) < 4.78 is 18.0. The molecule has 39 heavy (non-hydrogen) atoms. The number of halogens is 1. The monoisotopic (exact) mass is 660 g/mol. The van der Waals surface area contributed by atoms with Gasteiger partial charge in [-0.15, -0.1) is 0 Å². The molecule has 10 nitrogen and oxygen atoms in total. The summed E-state index contributed by atoms with van der Waals surface area (Å²) in [7, 11) is 1.49. The molecular formula is C28H41IN2O8. The second-order valence-corrected chi connectivity index (χ2v) is 11.0. The lowest BCUT2D eigenvalue weighted by Crippen LogP contribution is -2.58. The van der Waals surface area contributed by atoms with Crippen molar-refractivity contribution in [3.05, 3.63) is 32.9 Å². The summed E-state index contributed by atoms with van der Waals surface area (Å²) >= 11 is 2.08. The number of nitrogens with zero attached hydrogens (tertiary/aromatic N) is 1. The van der Waals surface area contributed by atoms with Gasteiger partial charge in [-0.25, -0.2) is 0 Å². The Balaban J connectivity index is 2.02. The molecule has 2 aliphatic rings. The molecule has 0 heterocycles. The highest BCUT2D eigenvalue weighted by Crippen LogP contribution is 2.38. The molecule has 4 N–H and O–H groups in total. The molecule has 0 bridgehead atoms. The molecule has 0 spiro atoms. The Kier molecular flexibility index (Phi) is 12.8. The van der Waals surface area contributed by atoms with E-state index in [4.69, 9.17) is 14.2 Å². The van der Waals surface area contributed by atoms with E-state index in [2.05, 4.69) is 27.9 Å². The van der Waals surface area contributed by atoms with E-state index in [0.717, 1.165) is 38.5 Å². The second kappa shape index (κ2) is 15.8. The van der Waals surface area contributed by atoms with Crippen molar-refractivity contribution in [2.45, 2.75) is 82.8 Å². The van der Waals surface area contributed by atoms with Gasteiger partial charge in [0.25, 0.3) is 0 Å². The van der Waals surface area contributed by atoms with Crippen molar-refractivity contribution in [1.82, 2.24) is 10.2 Å². The summed E-state index contributed by atoms with van der Waals surface area (Å²) in [6.07, 6.45) is 5.43. The minimum Gasteiger partial charge on any atom is -0.493 e. The third-order valence-electron chi connectivity index (χ3n) is 7.23. The first-order valence-electron chi connectivity index (χ1n) is 13.6. The molecule has 11 heteroatoms. The zero-order valence-electron chi connectivity index (χ0n) is 22.7. The van der Waals surface area contributed by atoms with Gasteiger partial charge in [-0.3, -0.25) is 9.59 Å². The van der Waals surface area contributed by atoms with E-state index in [1.807, 2.05) is 6.92 Å². The Morgan fingerprint density at radius 3 is 2.49 bits per heavy atom. The van der Waals surface area contributed by atoms with Crippen molar-refractivity contribution in [3.8, 4) is 11.5 Å². The van der Waals surface area contributed by atoms with E-state index in [1.165, 1.54) is 7.11 Å². The van der Waals surface area contributed by atoms with Crippen molar-refractivity contribution in [1.29, 1.82) is 0 Å². The normalized spacial score (nSPS) is 22.0. The van der Waals surface area contributed by atoms with Gasteiger partial charge in [0.1, 0.15) is 18.8 Å². The van der Waals surface area contributed by atoms with Crippen LogP contribution in [-0.2, 0) is 20.9 Å². The van der Waals surface area contributed by atoms with Crippen LogP contribution in [0.25, 0.3) is 0 Å². The number of hydrogen-bond acceptors (Lipinski definition) is 8. The van der Waals surface area contributed by atoms with Gasteiger partial charge in [0, 0.05) is 31.2 Å². The van der Waals surface area contributed by atoms with Crippen molar-refractivity contribution < 1.29 is 39.1 Å². The third kappa shape index (κ3) is 8.29. The summed E-state index contributed by atoms with van der Waals surface area (Å²) in [4.78, 5) is 28.4. The second-order valence-electron chi connectivity index (χ2n) is 9.87. The molecule has 0 aliphatic heterocycles. The minimum absolute atomic E-state index is 0.0822. The van der Waals surface area contributed by atoms with E-state index >= 15 is 0 Å². The van der Waals surface area contributed by atoms with Gasteiger partial charge in [-0.2, -0.15) is 0 Å². The number of carbonyl (C=O) groups is 2. The minimum atomic E-state index is -1.13. The van der Waals surface area contributed by atoms with Crippen LogP contribution in [0, 0.1) is 3.57 Å². The molecule has 0 radical (unpaired) electrons. The predicted molar refractivity (Wildman–Crippen MR) is 153 cm³/mol. The highest BCUT2D eigenvalue weighted by Gasteiger charge is 2.43. The first kappa shape index (κ1) is 31.6. The quantitative estimate of drug-likeness (QED) is 0.198. The van der Waals surface area contributed by atoms with Crippen molar-refractivity contribution in [2.24, 2.45) is 0 Å². The van der Waals surface area contributed by atoms with Crippen LogP contribution in [0.1, 0.15) is 57.4 Å². The van der Waals surface area contributed by atoms with Crippen LogP contribution in [0.15, 0.2) is 23.8 Å². The van der Waals surface area contributed by atoms with Crippen LogP contribution in [0.4, 0.5) is 0 Å². The molecule has 218 valence electrons. The first-order valence-corrected chi connectivity index (χ1v) is 14.7. The number of nitrogens with one attached hydrogen (secondary N) is 1. The van der Waals surface area contributed by atoms with Gasteiger partial charge in [0.2, 0.25) is 11.8 Å². The Bertz CT molecular complexity index is 996. The summed E-state index contributed by atoms with van der Waals surface area (Å²) in [5, 5.41) is 33.2. The number of methoxy groups -OCH3 is 1. The van der Waals surface area contributed by atoms with Gasteiger partial charge in [0.15, 0.2) is 11.5 Å². The van der Waals surface area contributed by atoms with Crippen molar-refractivity contribution in [2.75, 3.05) is 33.5 Å². The maximum atomic E-state index is 13.5. The average molecular weight is 661 g/mol. The SMILES string of the molecule is CCOCC(=O)N(C1CCCCCC1)[C@@H]1CC(C(=O)NCCO)=C[C@H](Oc2c(I)cc(CO)cc2OC)[C@H]1O. The van der Waals surface area contributed by atoms with Crippen molar-refractivity contribution in [3.63, 3.8) is 0 Å². The highest BCUT2D eigenvalue weighted by molar-refractivity contribution is 14.1. The molecule has 0 aromatic heterocycles. The van der Waals surface area contributed by atoms with Gasteiger partial charge < -0.3 is 39.7 Å². The zero-order chi connectivity index (χ0) is 28.4. The van der Waals surface area contributed by atoms with Gasteiger partial charge >= 0.3 is 0 Å². The molecule has 1 saturated carbocycles. The van der Waals surface area contributed by atoms with E-state index in [-0.39, 0.29) is 50.6 Å². The Morgan fingerprint density at radius 1 is 1.15 bits per heavy atom. The summed E-state index contributed by atoms with van der Waals surface area (Å²) in [5.74, 6) is 0.147. The average Bonchev–Trinajstić information content (AvgIpc) is 3.22. The summed E-state index contributed by atoms with van der Waals surface area (Å²) in [6.45, 7) is 1.81. The lowest BCUT2D eigenvalue weighted by Gasteiger charge is -2.44. The molecule has 1 aromatic rings. The first-order chi connectivity index (χ1) is 18.8. The number of rotatable bonds is 12. The van der Waals surface area contributed by atoms with Crippen molar-refractivity contribution >= 4 is 34.4 Å². The molecule has 3 rings (SSSR count). The van der Waals surface area contributed by atoms with Gasteiger partial charge in [0.05, 0.1) is 29.9 Å². The molecule has 2 aliphatic carbocycles. The van der Waals surface area contributed by atoms with Crippen LogP contribution in [0.3, 0.4) is 0 Å². The predicted octanol–water partition coefficient (Wildman–Crippen LogP) is 2.30. The molecule has 3 atom stereocenters. The van der Waals surface area contributed by atoms with Crippen LogP contribution < -0.4 is 14.8 Å². The standard InChI is InChI=1S/C28H41IN2O8/c1-3-38-17-25(34)31(20-8-6-4-5-7-9-20)22-14-19(28(36)30-10-11-32)15-23(26(22)35)39-27-21(29)12-18(16-33)13-24(27)37-2/h12-13,15,20,22-23,26,32-33,35H,3-11,14,16-17H2,1-2H3,(H,30,36)/t22-,23+,26+/m1/s1. The summed E-state index contributed by atoms with van der Waals surface area (Å²) in [6, 6.07) is 2.62. The third-order valence-corrected chi connectivity index (χ3v) is 8.03. The Morgan fingerprint density at radius 2 is 1.87 bits per heavy atom. The van der Waals surface area contributed by atoms with E-state index < -0.39 is 18.2 Å². The number of aliphatic hydroxyl groups is 3. The van der Waals surface area contributed by atoms with Gasteiger partial charge in [-0.1, -0.05) is 25.7 Å². The van der Waals surface area contributed by atoms with Gasteiger partial charge in [-0.05, 0) is 66.1 Å². The summed E-state index contributed by atoms with van der Waals surface area (Å²) in [5.41, 5.74) is 1.01. The largest absolute Gasteiger partial charge is 0.493 e. The number of aliphatic hydroxyl groups excluding tert-OH is 3. The number of benzene rings is 1. The number of amides is 2. The van der Waals surface area contributed by atoms with E-state index in [1.54, 1.807) is 23.1 Å². The zero-order valence-corrected chi connectivity index (χ0v) is 24.9. The molecule has 2 amide bonds. The molecule has 0 saturated heterocycles. The molecule has 1 fully saturated rings. The van der Waals surface area contributed by atoms with Crippen LogP contribution in [0.5, 0.6) is 11.5 Å².